The molecule has 0 spiro atoms. The third kappa shape index (κ3) is 3.65. The summed E-state index contributed by atoms with van der Waals surface area (Å²) in [5.74, 6) is 0.764. The maximum Gasteiger partial charge on any atom is 0.320 e. The maximum absolute atomic E-state index is 12.1. The van der Waals surface area contributed by atoms with E-state index in [0.29, 0.717) is 5.69 Å². The molecule has 21 heavy (non-hydrogen) atoms. The summed E-state index contributed by atoms with van der Waals surface area (Å²) >= 11 is 0. The topological polar surface area (TPSA) is 100 Å². The minimum atomic E-state index is -0.700. The number of benzene rings is 1. The summed E-state index contributed by atoms with van der Waals surface area (Å²) < 4.78 is 5.07. The molecule has 0 heterocycles. The highest BCUT2D eigenvalue weighted by Crippen LogP contribution is 2.28. The van der Waals surface area contributed by atoms with E-state index in [4.69, 9.17) is 15.9 Å². The fourth-order valence-corrected chi connectivity index (χ4v) is 2.67. The third-order valence-corrected chi connectivity index (χ3v) is 3.92. The van der Waals surface area contributed by atoms with Crippen LogP contribution >= 0.6 is 0 Å². The van der Waals surface area contributed by atoms with Gasteiger partial charge in [0.1, 0.15) is 11.6 Å². The van der Waals surface area contributed by atoms with Gasteiger partial charge < -0.3 is 21.1 Å². The molecule has 6 nitrogen and oxygen atoms in total. The number of rotatable bonds is 4. The molecule has 0 aliphatic heterocycles. The molecule has 5 N–H and O–H groups in total. The molecule has 0 saturated heterocycles. The number of amidine groups is 1. The molecule has 1 aromatic carbocycles. The van der Waals surface area contributed by atoms with E-state index in [1.54, 1.807) is 31.4 Å². The van der Waals surface area contributed by atoms with Crippen molar-refractivity contribution in [3.63, 3.8) is 0 Å². The van der Waals surface area contributed by atoms with Gasteiger partial charge in [-0.2, -0.15) is 0 Å². The fourth-order valence-electron chi connectivity index (χ4n) is 2.67. The molecule has 1 aliphatic carbocycles. The number of methoxy groups -OCH3 is 1. The number of urea groups is 1. The molecule has 1 fully saturated rings. The smallest absolute Gasteiger partial charge is 0.320 e. The number of nitrogens with two attached hydrogens (primary N) is 1. The predicted octanol–water partition coefficient (Wildman–Crippen LogP) is 2.46. The molecular formula is C15H22N4O2. The summed E-state index contributed by atoms with van der Waals surface area (Å²) in [5, 5.41) is 13.4. The van der Waals surface area contributed by atoms with Gasteiger partial charge in [0.05, 0.1) is 12.6 Å². The highest BCUT2D eigenvalue weighted by atomic mass is 16.5. The highest BCUT2D eigenvalue weighted by molar-refractivity contribution is 5.96. The van der Waals surface area contributed by atoms with Crippen LogP contribution in [0.3, 0.4) is 0 Å². The number of carbonyl (C=O) groups is 1. The lowest BCUT2D eigenvalue weighted by atomic mass is 9.81. The second-order valence-electron chi connectivity index (χ2n) is 5.36. The van der Waals surface area contributed by atoms with Gasteiger partial charge in [-0.3, -0.25) is 5.41 Å². The van der Waals surface area contributed by atoms with Gasteiger partial charge in [0.25, 0.3) is 0 Å². The summed E-state index contributed by atoms with van der Waals surface area (Å²) in [6, 6.07) is 6.74. The number of anilines is 1. The van der Waals surface area contributed by atoms with Gasteiger partial charge in [-0.1, -0.05) is 19.3 Å². The van der Waals surface area contributed by atoms with Gasteiger partial charge in [0.2, 0.25) is 0 Å². The van der Waals surface area contributed by atoms with Gasteiger partial charge in [-0.25, -0.2) is 4.79 Å². The zero-order valence-electron chi connectivity index (χ0n) is 12.2. The van der Waals surface area contributed by atoms with E-state index in [1.807, 2.05) is 0 Å². The van der Waals surface area contributed by atoms with Gasteiger partial charge in [-0.15, -0.1) is 0 Å². The van der Waals surface area contributed by atoms with E-state index >= 15 is 0 Å². The SMILES string of the molecule is COc1ccc(NC(=O)NC2(C(=N)N)CCCCC2)cc1. The summed E-state index contributed by atoms with van der Waals surface area (Å²) in [7, 11) is 1.59. The standard InChI is InChI=1S/C15H22N4O2/c1-21-12-7-5-11(6-8-12)18-14(20)19-15(13(16)17)9-3-2-4-10-15/h5-8H,2-4,9-10H2,1H3,(H3,16,17)(H2,18,19,20). The quantitative estimate of drug-likeness (QED) is 0.506. The zero-order valence-corrected chi connectivity index (χ0v) is 12.2. The average Bonchev–Trinajstić information content (AvgIpc) is 2.48. The first kappa shape index (κ1) is 15.2. The van der Waals surface area contributed by atoms with Crippen LogP contribution < -0.4 is 21.1 Å². The summed E-state index contributed by atoms with van der Waals surface area (Å²) in [5.41, 5.74) is 5.68. The van der Waals surface area contributed by atoms with Crippen molar-refractivity contribution in [2.75, 3.05) is 12.4 Å². The van der Waals surface area contributed by atoms with Gasteiger partial charge in [0, 0.05) is 5.69 Å². The lowest BCUT2D eigenvalue weighted by Gasteiger charge is -2.36. The van der Waals surface area contributed by atoms with E-state index in [2.05, 4.69) is 10.6 Å². The molecule has 1 saturated carbocycles. The Balaban J connectivity index is 2.00. The molecule has 2 amide bonds. The Morgan fingerprint density at radius 2 is 1.86 bits per heavy atom. The largest absolute Gasteiger partial charge is 0.497 e. The van der Waals surface area contributed by atoms with Crippen LogP contribution in [-0.4, -0.2) is 24.5 Å². The summed E-state index contributed by atoms with van der Waals surface area (Å²) in [6.07, 6.45) is 4.51. The van der Waals surface area contributed by atoms with E-state index in [0.717, 1.165) is 37.9 Å². The average molecular weight is 290 g/mol. The molecule has 1 aliphatic rings. The van der Waals surface area contributed by atoms with Crippen LogP contribution in [-0.2, 0) is 0 Å². The minimum absolute atomic E-state index is 0.0343. The first-order valence-corrected chi connectivity index (χ1v) is 7.13. The van der Waals surface area contributed by atoms with Crippen molar-refractivity contribution in [1.29, 1.82) is 5.41 Å². The molecule has 0 unspecified atom stereocenters. The number of ether oxygens (including phenoxy) is 1. The minimum Gasteiger partial charge on any atom is -0.497 e. The summed E-state index contributed by atoms with van der Waals surface area (Å²) in [4.78, 5) is 12.1. The first-order chi connectivity index (χ1) is 10.1. The monoisotopic (exact) mass is 290 g/mol. The number of carbonyl (C=O) groups excluding carboxylic acids is 1. The molecule has 0 radical (unpaired) electrons. The van der Waals surface area contributed by atoms with Gasteiger partial charge in [0.15, 0.2) is 0 Å². The number of hydrogen-bond donors (Lipinski definition) is 4. The van der Waals surface area contributed by atoms with Gasteiger partial charge >= 0.3 is 6.03 Å². The second kappa shape index (κ2) is 6.47. The van der Waals surface area contributed by atoms with Crippen LogP contribution in [0.1, 0.15) is 32.1 Å². The Morgan fingerprint density at radius 3 is 2.38 bits per heavy atom. The molecule has 1 aromatic rings. The van der Waals surface area contributed by atoms with Crippen LogP contribution in [0.15, 0.2) is 24.3 Å². The molecule has 2 rings (SSSR count). The molecule has 0 atom stereocenters. The lowest BCUT2D eigenvalue weighted by molar-refractivity contribution is 0.235. The van der Waals surface area contributed by atoms with E-state index in [-0.39, 0.29) is 11.9 Å². The van der Waals surface area contributed by atoms with Crippen LogP contribution in [0.25, 0.3) is 0 Å². The predicted molar refractivity (Wildman–Crippen MR) is 82.9 cm³/mol. The maximum atomic E-state index is 12.1. The number of nitrogens with one attached hydrogen (secondary N) is 3. The molecule has 0 aromatic heterocycles. The zero-order chi connectivity index (χ0) is 15.3. The van der Waals surface area contributed by atoms with Crippen molar-refractivity contribution in [3.8, 4) is 5.75 Å². The van der Waals surface area contributed by atoms with Crippen molar-refractivity contribution in [2.45, 2.75) is 37.6 Å². The van der Waals surface area contributed by atoms with E-state index in [1.165, 1.54) is 0 Å². The van der Waals surface area contributed by atoms with Crippen LogP contribution in [0.2, 0.25) is 0 Å². The van der Waals surface area contributed by atoms with E-state index < -0.39 is 5.54 Å². The number of amides is 2. The van der Waals surface area contributed by atoms with Crippen LogP contribution in [0.5, 0.6) is 5.75 Å². The van der Waals surface area contributed by atoms with Crippen molar-refractivity contribution in [2.24, 2.45) is 5.73 Å². The lowest BCUT2D eigenvalue weighted by Crippen LogP contribution is -2.59. The third-order valence-electron chi connectivity index (χ3n) is 3.92. The van der Waals surface area contributed by atoms with Crippen molar-refractivity contribution < 1.29 is 9.53 Å². The van der Waals surface area contributed by atoms with Crippen molar-refractivity contribution in [3.05, 3.63) is 24.3 Å². The summed E-state index contributed by atoms with van der Waals surface area (Å²) in [6.45, 7) is 0. The Labute approximate surface area is 124 Å². The van der Waals surface area contributed by atoms with Crippen LogP contribution in [0, 0.1) is 5.41 Å². The Kier molecular flexibility index (Phi) is 4.67. The van der Waals surface area contributed by atoms with Gasteiger partial charge in [-0.05, 0) is 37.1 Å². The molecular weight excluding hydrogens is 268 g/mol. The van der Waals surface area contributed by atoms with Crippen LogP contribution in [0.4, 0.5) is 10.5 Å². The Bertz CT molecular complexity index is 507. The highest BCUT2D eigenvalue weighted by Gasteiger charge is 2.36. The molecule has 114 valence electrons. The number of hydrogen-bond acceptors (Lipinski definition) is 3. The first-order valence-electron chi connectivity index (χ1n) is 7.13. The Hall–Kier alpha value is -2.24. The molecule has 0 bridgehead atoms. The van der Waals surface area contributed by atoms with E-state index in [9.17, 15) is 4.79 Å². The van der Waals surface area contributed by atoms with Crippen molar-refractivity contribution >= 4 is 17.6 Å². The Morgan fingerprint density at radius 1 is 1.24 bits per heavy atom. The fraction of sp³-hybridized carbons (Fsp3) is 0.467. The molecule has 6 heteroatoms. The second-order valence-corrected chi connectivity index (χ2v) is 5.36. The normalized spacial score (nSPS) is 16.8. The van der Waals surface area contributed by atoms with Crippen molar-refractivity contribution in [1.82, 2.24) is 5.32 Å².